The maximum atomic E-state index is 11.7. The molecule has 0 atom stereocenters. The molecule has 1 aliphatic rings. The summed E-state index contributed by atoms with van der Waals surface area (Å²) in [6, 6.07) is 4.07. The first-order valence-electron chi connectivity index (χ1n) is 6.99. The van der Waals surface area contributed by atoms with Crippen LogP contribution in [0.25, 0.3) is 6.08 Å². The second-order valence-electron chi connectivity index (χ2n) is 5.08. The lowest BCUT2D eigenvalue weighted by Crippen LogP contribution is -2.44. The van der Waals surface area contributed by atoms with Crippen LogP contribution in [0.2, 0.25) is 0 Å². The summed E-state index contributed by atoms with van der Waals surface area (Å²) >= 11 is 5.15. The van der Waals surface area contributed by atoms with Gasteiger partial charge in [-0.25, -0.2) is 0 Å². The third-order valence-corrected chi connectivity index (χ3v) is 3.56. The number of hydrogen-bond donors (Lipinski definition) is 2. The molecule has 108 valence electrons. The van der Waals surface area contributed by atoms with Crippen molar-refractivity contribution in [1.82, 2.24) is 10.6 Å². The van der Waals surface area contributed by atoms with Gasteiger partial charge in [-0.05, 0) is 50.2 Å². The van der Waals surface area contributed by atoms with E-state index >= 15 is 0 Å². The Bertz CT molecular complexity index is 502. The normalized spacial score (nSPS) is 16.2. The first kappa shape index (κ1) is 14.8. The van der Waals surface area contributed by atoms with Gasteiger partial charge >= 0.3 is 0 Å². The Hall–Kier alpha value is -1.62. The fraction of sp³-hybridized carbons (Fsp3) is 0.467. The topological polar surface area (TPSA) is 54.3 Å². The average molecular weight is 292 g/mol. The van der Waals surface area contributed by atoms with Gasteiger partial charge in [-0.15, -0.1) is 0 Å². The SMILES string of the molecule is Cc1ccc(C=CC(=O)NC(=S)NC2CCCCC2)o1. The van der Waals surface area contributed by atoms with Crippen molar-refractivity contribution in [2.24, 2.45) is 0 Å². The van der Waals surface area contributed by atoms with Crippen molar-refractivity contribution >= 4 is 29.3 Å². The third-order valence-electron chi connectivity index (χ3n) is 3.34. The van der Waals surface area contributed by atoms with E-state index in [9.17, 15) is 4.79 Å². The second-order valence-corrected chi connectivity index (χ2v) is 5.49. The first-order valence-corrected chi connectivity index (χ1v) is 7.40. The molecule has 1 heterocycles. The van der Waals surface area contributed by atoms with Crippen molar-refractivity contribution < 1.29 is 9.21 Å². The fourth-order valence-corrected chi connectivity index (χ4v) is 2.59. The maximum absolute atomic E-state index is 11.7. The van der Waals surface area contributed by atoms with Gasteiger partial charge in [0.25, 0.3) is 0 Å². The number of furan rings is 1. The highest BCUT2D eigenvalue weighted by molar-refractivity contribution is 7.80. The highest BCUT2D eigenvalue weighted by atomic mass is 32.1. The summed E-state index contributed by atoms with van der Waals surface area (Å²) < 4.78 is 5.35. The number of aryl methyl sites for hydroxylation is 1. The van der Waals surface area contributed by atoms with Gasteiger partial charge in [0.2, 0.25) is 5.91 Å². The average Bonchev–Trinajstić information content (AvgIpc) is 2.83. The van der Waals surface area contributed by atoms with E-state index in [0.29, 0.717) is 16.9 Å². The molecular weight excluding hydrogens is 272 g/mol. The molecule has 0 aliphatic heterocycles. The number of hydrogen-bond acceptors (Lipinski definition) is 3. The summed E-state index contributed by atoms with van der Waals surface area (Å²) in [7, 11) is 0. The number of rotatable bonds is 3. The number of carbonyl (C=O) groups excluding carboxylic acids is 1. The number of nitrogens with one attached hydrogen (secondary N) is 2. The predicted molar refractivity (Wildman–Crippen MR) is 83.2 cm³/mol. The lowest BCUT2D eigenvalue weighted by molar-refractivity contribution is -0.115. The van der Waals surface area contributed by atoms with E-state index in [1.54, 1.807) is 6.08 Å². The molecule has 1 aromatic heterocycles. The molecule has 0 unspecified atom stereocenters. The van der Waals surface area contributed by atoms with Gasteiger partial charge in [0.15, 0.2) is 5.11 Å². The molecule has 1 aliphatic carbocycles. The minimum atomic E-state index is -0.243. The second kappa shape index (κ2) is 7.24. The molecule has 1 fully saturated rings. The summed E-state index contributed by atoms with van der Waals surface area (Å²) in [4.78, 5) is 11.7. The molecule has 0 saturated heterocycles. The Morgan fingerprint density at radius 2 is 2.10 bits per heavy atom. The molecule has 4 nitrogen and oxygen atoms in total. The minimum absolute atomic E-state index is 0.243. The molecule has 0 radical (unpaired) electrons. The highest BCUT2D eigenvalue weighted by Gasteiger charge is 2.14. The summed E-state index contributed by atoms with van der Waals surface area (Å²) in [6.45, 7) is 1.86. The quantitative estimate of drug-likeness (QED) is 0.664. The number of thiocarbonyl (C=S) groups is 1. The largest absolute Gasteiger partial charge is 0.462 e. The van der Waals surface area contributed by atoms with Gasteiger partial charge in [0.1, 0.15) is 11.5 Å². The summed E-state index contributed by atoms with van der Waals surface area (Å²) in [5, 5.41) is 6.26. The molecule has 0 bridgehead atoms. The van der Waals surface area contributed by atoms with Crippen molar-refractivity contribution in [3.63, 3.8) is 0 Å². The summed E-state index contributed by atoms with van der Waals surface area (Å²) in [5.41, 5.74) is 0. The van der Waals surface area contributed by atoms with Gasteiger partial charge < -0.3 is 9.73 Å². The van der Waals surface area contributed by atoms with Crippen LogP contribution >= 0.6 is 12.2 Å². The lowest BCUT2D eigenvalue weighted by atomic mass is 9.96. The Morgan fingerprint density at radius 1 is 1.35 bits per heavy atom. The third kappa shape index (κ3) is 4.81. The van der Waals surface area contributed by atoms with E-state index in [0.717, 1.165) is 18.6 Å². The fourth-order valence-electron chi connectivity index (χ4n) is 2.32. The van der Waals surface area contributed by atoms with E-state index < -0.39 is 0 Å². The molecule has 1 aromatic rings. The van der Waals surface area contributed by atoms with Crippen LogP contribution in [0.4, 0.5) is 0 Å². The Kier molecular flexibility index (Phi) is 5.35. The molecule has 0 spiro atoms. The number of amides is 1. The van der Waals surface area contributed by atoms with Gasteiger partial charge in [-0.1, -0.05) is 19.3 Å². The summed E-state index contributed by atoms with van der Waals surface area (Å²) in [6.07, 6.45) is 9.05. The zero-order chi connectivity index (χ0) is 14.4. The molecule has 1 amide bonds. The minimum Gasteiger partial charge on any atom is -0.462 e. The van der Waals surface area contributed by atoms with Gasteiger partial charge in [-0.3, -0.25) is 10.1 Å². The first-order chi connectivity index (χ1) is 9.63. The van der Waals surface area contributed by atoms with Crippen LogP contribution < -0.4 is 10.6 Å². The highest BCUT2D eigenvalue weighted by Crippen LogP contribution is 2.17. The smallest absolute Gasteiger partial charge is 0.250 e. The number of carbonyl (C=O) groups is 1. The van der Waals surface area contributed by atoms with Crippen LogP contribution in [0, 0.1) is 6.92 Å². The van der Waals surface area contributed by atoms with E-state index in [-0.39, 0.29) is 5.91 Å². The molecule has 2 N–H and O–H groups in total. The Labute approximate surface area is 124 Å². The monoisotopic (exact) mass is 292 g/mol. The molecule has 5 heteroatoms. The molecule has 20 heavy (non-hydrogen) atoms. The van der Waals surface area contributed by atoms with Crippen molar-refractivity contribution in [1.29, 1.82) is 0 Å². The molecule has 2 rings (SSSR count). The lowest BCUT2D eigenvalue weighted by Gasteiger charge is -2.23. The van der Waals surface area contributed by atoms with Gasteiger partial charge in [0, 0.05) is 12.1 Å². The van der Waals surface area contributed by atoms with Crippen LogP contribution in [-0.2, 0) is 4.79 Å². The van der Waals surface area contributed by atoms with Crippen LogP contribution in [0.15, 0.2) is 22.6 Å². The van der Waals surface area contributed by atoms with E-state index in [2.05, 4.69) is 10.6 Å². The van der Waals surface area contributed by atoms with Crippen LogP contribution in [0.1, 0.15) is 43.6 Å². The predicted octanol–water partition coefficient (Wildman–Crippen LogP) is 2.92. The van der Waals surface area contributed by atoms with Gasteiger partial charge in [-0.2, -0.15) is 0 Å². The van der Waals surface area contributed by atoms with Crippen molar-refractivity contribution in [2.75, 3.05) is 0 Å². The Balaban J connectivity index is 1.75. The standard InChI is InChI=1S/C15H20N2O2S/c1-11-7-8-13(19-11)9-10-14(18)17-15(20)16-12-5-3-2-4-6-12/h7-10,12H,2-6H2,1H3,(H2,16,17,18,20). The van der Waals surface area contributed by atoms with Crippen LogP contribution in [0.3, 0.4) is 0 Å². The van der Waals surface area contributed by atoms with Crippen LogP contribution in [-0.4, -0.2) is 17.1 Å². The Morgan fingerprint density at radius 3 is 2.75 bits per heavy atom. The van der Waals surface area contributed by atoms with Crippen molar-refractivity contribution in [3.8, 4) is 0 Å². The summed E-state index contributed by atoms with van der Waals surface area (Å²) in [5.74, 6) is 1.23. The molecular formula is C15H20N2O2S. The van der Waals surface area contributed by atoms with Gasteiger partial charge in [0.05, 0.1) is 0 Å². The van der Waals surface area contributed by atoms with E-state index in [1.165, 1.54) is 25.3 Å². The molecule has 0 aromatic carbocycles. The van der Waals surface area contributed by atoms with Crippen LogP contribution in [0.5, 0.6) is 0 Å². The zero-order valence-electron chi connectivity index (χ0n) is 11.6. The van der Waals surface area contributed by atoms with E-state index in [1.807, 2.05) is 19.1 Å². The van der Waals surface area contributed by atoms with E-state index in [4.69, 9.17) is 16.6 Å². The zero-order valence-corrected chi connectivity index (χ0v) is 12.5. The maximum Gasteiger partial charge on any atom is 0.250 e. The molecule has 1 saturated carbocycles. The van der Waals surface area contributed by atoms with Crippen molar-refractivity contribution in [3.05, 3.63) is 29.7 Å². The van der Waals surface area contributed by atoms with Crippen molar-refractivity contribution in [2.45, 2.75) is 45.1 Å².